The van der Waals surface area contributed by atoms with Crippen LogP contribution in [0.25, 0.3) is 0 Å². The smallest absolute Gasteiger partial charge is 0.134 e. The molecule has 2 aliphatic heterocycles. The largest absolute Gasteiger partial charge is 0.370 e. The minimum absolute atomic E-state index is 0.483. The quantitative estimate of drug-likeness (QED) is 0.861. The molecule has 3 rings (SSSR count). The second-order valence-electron chi connectivity index (χ2n) is 5.79. The van der Waals surface area contributed by atoms with Crippen molar-refractivity contribution in [2.75, 3.05) is 42.9 Å². The summed E-state index contributed by atoms with van der Waals surface area (Å²) in [5.74, 6) is 2.86. The van der Waals surface area contributed by atoms with Gasteiger partial charge in [-0.15, -0.1) is 0 Å². The van der Waals surface area contributed by atoms with Gasteiger partial charge in [0, 0.05) is 37.7 Å². The van der Waals surface area contributed by atoms with E-state index < -0.39 is 0 Å². The molecule has 0 amide bonds. The van der Waals surface area contributed by atoms with Crippen LogP contribution in [0.4, 0.5) is 11.6 Å². The highest BCUT2D eigenvalue weighted by Gasteiger charge is 2.40. The summed E-state index contributed by atoms with van der Waals surface area (Å²) in [4.78, 5) is 11.4. The first-order valence-electron chi connectivity index (χ1n) is 7.26. The molecule has 19 heavy (non-hydrogen) atoms. The average Bonchev–Trinajstić information content (AvgIpc) is 3.00. The van der Waals surface area contributed by atoms with Gasteiger partial charge in [-0.25, -0.2) is 9.97 Å². The van der Waals surface area contributed by atoms with Gasteiger partial charge in [0.15, 0.2) is 0 Å². The number of nitrogens with one attached hydrogen (secondary N) is 2. The van der Waals surface area contributed by atoms with E-state index in [0.717, 1.165) is 43.6 Å². The van der Waals surface area contributed by atoms with E-state index in [1.54, 1.807) is 0 Å². The van der Waals surface area contributed by atoms with Crippen LogP contribution in [0, 0.1) is 12.3 Å². The van der Waals surface area contributed by atoms with Crippen LogP contribution in [0.2, 0.25) is 0 Å². The Morgan fingerprint density at radius 3 is 3.05 bits per heavy atom. The Kier molecular flexibility index (Phi) is 3.31. The molecular formula is C14H23N5. The third-order valence-corrected chi connectivity index (χ3v) is 4.28. The zero-order valence-electron chi connectivity index (χ0n) is 11.9. The Hall–Kier alpha value is -1.36. The lowest BCUT2D eigenvalue weighted by atomic mass is 9.87. The summed E-state index contributed by atoms with van der Waals surface area (Å²) in [6.07, 6.45) is 2.58. The van der Waals surface area contributed by atoms with Gasteiger partial charge in [0.25, 0.3) is 0 Å². The van der Waals surface area contributed by atoms with Crippen LogP contribution in [-0.2, 0) is 0 Å². The molecule has 0 aromatic carbocycles. The SMILES string of the molecule is CCNc1cc(N2CCC3(CCNC3)C2)nc(C)n1. The van der Waals surface area contributed by atoms with Gasteiger partial charge in [0.1, 0.15) is 17.5 Å². The number of nitrogens with zero attached hydrogens (tertiary/aromatic N) is 3. The lowest BCUT2D eigenvalue weighted by Crippen LogP contribution is -2.29. The molecule has 1 aromatic rings. The van der Waals surface area contributed by atoms with Gasteiger partial charge < -0.3 is 15.5 Å². The molecule has 1 spiro atoms. The molecule has 2 saturated heterocycles. The van der Waals surface area contributed by atoms with E-state index in [1.165, 1.54) is 19.4 Å². The molecule has 2 N–H and O–H groups in total. The normalized spacial score (nSPS) is 26.3. The second kappa shape index (κ2) is 4.96. The molecule has 1 aromatic heterocycles. The molecule has 0 saturated carbocycles. The number of aromatic nitrogens is 2. The fourth-order valence-corrected chi connectivity index (χ4v) is 3.26. The van der Waals surface area contributed by atoms with E-state index in [2.05, 4.69) is 38.5 Å². The molecule has 2 fully saturated rings. The molecular weight excluding hydrogens is 238 g/mol. The predicted octanol–water partition coefficient (Wildman–Crippen LogP) is 1.41. The lowest BCUT2D eigenvalue weighted by Gasteiger charge is -2.23. The number of hydrogen-bond donors (Lipinski definition) is 2. The van der Waals surface area contributed by atoms with Crippen molar-refractivity contribution >= 4 is 11.6 Å². The summed E-state index contributed by atoms with van der Waals surface area (Å²) in [6, 6.07) is 2.08. The van der Waals surface area contributed by atoms with Crippen LogP contribution in [0.5, 0.6) is 0 Å². The highest BCUT2D eigenvalue weighted by molar-refractivity contribution is 5.50. The van der Waals surface area contributed by atoms with Crippen molar-refractivity contribution in [2.24, 2.45) is 5.41 Å². The minimum Gasteiger partial charge on any atom is -0.370 e. The fraction of sp³-hybridized carbons (Fsp3) is 0.714. The molecule has 1 atom stereocenters. The average molecular weight is 261 g/mol. The van der Waals surface area contributed by atoms with Crippen molar-refractivity contribution in [2.45, 2.75) is 26.7 Å². The molecule has 0 radical (unpaired) electrons. The lowest BCUT2D eigenvalue weighted by molar-refractivity contribution is 0.369. The van der Waals surface area contributed by atoms with E-state index in [1.807, 2.05) is 6.92 Å². The Bertz CT molecular complexity index is 453. The third-order valence-electron chi connectivity index (χ3n) is 4.28. The van der Waals surface area contributed by atoms with Crippen LogP contribution in [0.15, 0.2) is 6.07 Å². The van der Waals surface area contributed by atoms with Gasteiger partial charge in [0.05, 0.1) is 0 Å². The molecule has 0 bridgehead atoms. The summed E-state index contributed by atoms with van der Waals surface area (Å²) in [5.41, 5.74) is 0.483. The standard InChI is InChI=1S/C14H23N5/c1-3-16-12-8-13(18-11(2)17-12)19-7-5-14(10-19)4-6-15-9-14/h8,15H,3-7,9-10H2,1-2H3,(H,16,17,18). The van der Waals surface area contributed by atoms with E-state index in [4.69, 9.17) is 0 Å². The molecule has 2 aliphatic rings. The van der Waals surface area contributed by atoms with Crippen molar-refractivity contribution in [3.63, 3.8) is 0 Å². The van der Waals surface area contributed by atoms with E-state index in [-0.39, 0.29) is 0 Å². The molecule has 3 heterocycles. The van der Waals surface area contributed by atoms with Crippen molar-refractivity contribution in [3.05, 3.63) is 11.9 Å². The number of aryl methyl sites for hydroxylation is 1. The van der Waals surface area contributed by atoms with E-state index >= 15 is 0 Å². The Balaban J connectivity index is 1.79. The zero-order chi connectivity index (χ0) is 13.3. The first-order valence-corrected chi connectivity index (χ1v) is 7.26. The van der Waals surface area contributed by atoms with Crippen LogP contribution in [0.3, 0.4) is 0 Å². The Labute approximate surface area is 114 Å². The third kappa shape index (κ3) is 2.52. The topological polar surface area (TPSA) is 53.1 Å². The van der Waals surface area contributed by atoms with Crippen molar-refractivity contribution < 1.29 is 0 Å². The van der Waals surface area contributed by atoms with Crippen LogP contribution < -0.4 is 15.5 Å². The summed E-state index contributed by atoms with van der Waals surface area (Å²) < 4.78 is 0. The first-order chi connectivity index (χ1) is 9.21. The van der Waals surface area contributed by atoms with Crippen molar-refractivity contribution in [1.82, 2.24) is 15.3 Å². The molecule has 5 nitrogen and oxygen atoms in total. The second-order valence-corrected chi connectivity index (χ2v) is 5.79. The summed E-state index contributed by atoms with van der Waals surface area (Å²) >= 11 is 0. The van der Waals surface area contributed by atoms with Crippen molar-refractivity contribution in [1.29, 1.82) is 0 Å². The first kappa shape index (κ1) is 12.7. The Morgan fingerprint density at radius 2 is 2.32 bits per heavy atom. The molecule has 104 valence electrons. The maximum absolute atomic E-state index is 4.61. The van der Waals surface area contributed by atoms with Crippen molar-refractivity contribution in [3.8, 4) is 0 Å². The summed E-state index contributed by atoms with van der Waals surface area (Å²) in [6.45, 7) is 9.52. The maximum atomic E-state index is 4.61. The highest BCUT2D eigenvalue weighted by Crippen LogP contribution is 2.37. The zero-order valence-corrected chi connectivity index (χ0v) is 11.9. The number of anilines is 2. The van der Waals surface area contributed by atoms with E-state index in [0.29, 0.717) is 5.41 Å². The summed E-state index contributed by atoms with van der Waals surface area (Å²) in [5, 5.41) is 6.78. The molecule has 1 unspecified atom stereocenters. The van der Waals surface area contributed by atoms with Gasteiger partial charge in [0.2, 0.25) is 0 Å². The van der Waals surface area contributed by atoms with Gasteiger partial charge in [-0.2, -0.15) is 0 Å². The van der Waals surface area contributed by atoms with Crippen LogP contribution in [-0.4, -0.2) is 42.7 Å². The monoisotopic (exact) mass is 261 g/mol. The fourth-order valence-electron chi connectivity index (χ4n) is 3.26. The minimum atomic E-state index is 0.483. The van der Waals surface area contributed by atoms with Gasteiger partial charge in [-0.05, 0) is 33.2 Å². The molecule has 5 heteroatoms. The maximum Gasteiger partial charge on any atom is 0.134 e. The Morgan fingerprint density at radius 1 is 1.42 bits per heavy atom. The van der Waals surface area contributed by atoms with Crippen LogP contribution in [0.1, 0.15) is 25.6 Å². The summed E-state index contributed by atoms with van der Waals surface area (Å²) in [7, 11) is 0. The number of rotatable bonds is 3. The number of hydrogen-bond acceptors (Lipinski definition) is 5. The highest BCUT2D eigenvalue weighted by atomic mass is 15.2. The predicted molar refractivity (Wildman–Crippen MR) is 77.7 cm³/mol. The van der Waals surface area contributed by atoms with Gasteiger partial charge >= 0.3 is 0 Å². The van der Waals surface area contributed by atoms with Gasteiger partial charge in [-0.3, -0.25) is 0 Å². The van der Waals surface area contributed by atoms with Gasteiger partial charge in [-0.1, -0.05) is 0 Å². The molecule has 0 aliphatic carbocycles. The van der Waals surface area contributed by atoms with Crippen LogP contribution >= 0.6 is 0 Å². The van der Waals surface area contributed by atoms with E-state index in [9.17, 15) is 0 Å².